The number of nitrogens with one attached hydrogen (secondary N) is 1. The average molecular weight is 380 g/mol. The van der Waals surface area contributed by atoms with E-state index in [4.69, 9.17) is 4.74 Å². The van der Waals surface area contributed by atoms with Crippen LogP contribution < -0.4 is 10.1 Å². The first-order chi connectivity index (χ1) is 13.7. The van der Waals surface area contributed by atoms with Crippen LogP contribution in [0, 0.1) is 5.92 Å². The molecule has 0 aromatic carbocycles. The van der Waals surface area contributed by atoms with E-state index >= 15 is 0 Å². The Kier molecular flexibility index (Phi) is 6.17. The Hall–Kier alpha value is -2.47. The number of aryl methyl sites for hydroxylation is 1. The molecule has 2 aliphatic rings. The van der Waals surface area contributed by atoms with E-state index in [0.29, 0.717) is 18.7 Å². The fourth-order valence-electron chi connectivity index (χ4n) is 3.59. The molecule has 2 fully saturated rings. The van der Waals surface area contributed by atoms with Crippen molar-refractivity contribution in [2.24, 2.45) is 5.92 Å². The lowest BCUT2D eigenvalue weighted by Gasteiger charge is -2.31. The first-order valence-corrected chi connectivity index (χ1v) is 10.3. The van der Waals surface area contributed by atoms with Crippen LogP contribution in [0.4, 0.5) is 5.69 Å². The van der Waals surface area contributed by atoms with Gasteiger partial charge in [0.2, 0.25) is 11.8 Å². The molecule has 0 atom stereocenters. The number of piperidine rings is 1. The normalized spacial score (nSPS) is 18.0. The number of hydrogen-bond donors (Lipinski definition) is 1. The molecule has 1 amide bonds. The summed E-state index contributed by atoms with van der Waals surface area (Å²) in [6, 6.07) is 7.49. The van der Waals surface area contributed by atoms with Crippen molar-refractivity contribution in [1.29, 1.82) is 0 Å². The van der Waals surface area contributed by atoms with Gasteiger partial charge in [-0.3, -0.25) is 9.78 Å². The zero-order valence-corrected chi connectivity index (χ0v) is 16.2. The lowest BCUT2D eigenvalue weighted by Crippen LogP contribution is -2.39. The van der Waals surface area contributed by atoms with Crippen molar-refractivity contribution in [3.63, 3.8) is 0 Å². The number of ether oxygens (including phenoxy) is 1. The molecule has 2 aromatic rings. The van der Waals surface area contributed by atoms with Crippen molar-refractivity contribution in [2.45, 2.75) is 44.6 Å². The van der Waals surface area contributed by atoms with Crippen LogP contribution in [0.2, 0.25) is 0 Å². The summed E-state index contributed by atoms with van der Waals surface area (Å²) in [4.78, 5) is 23.0. The topological polar surface area (TPSA) is 67.3 Å². The Morgan fingerprint density at radius 2 is 1.89 bits per heavy atom. The molecule has 0 unspecified atom stereocenters. The Labute approximate surface area is 166 Å². The predicted molar refractivity (Wildman–Crippen MR) is 108 cm³/mol. The second-order valence-corrected chi connectivity index (χ2v) is 7.85. The molecule has 1 N–H and O–H groups in total. The average Bonchev–Trinajstić information content (AvgIpc) is 3.54. The molecule has 0 bridgehead atoms. The molecule has 4 rings (SSSR count). The van der Waals surface area contributed by atoms with Crippen LogP contribution in [0.1, 0.15) is 37.7 Å². The number of aromatic nitrogens is 2. The zero-order chi connectivity index (χ0) is 19.2. The van der Waals surface area contributed by atoms with Crippen LogP contribution in [0.15, 0.2) is 42.9 Å². The van der Waals surface area contributed by atoms with Gasteiger partial charge >= 0.3 is 0 Å². The maximum absolute atomic E-state index is 12.0. The summed E-state index contributed by atoms with van der Waals surface area (Å²) < 4.78 is 6.06. The van der Waals surface area contributed by atoms with Crippen LogP contribution in [-0.2, 0) is 11.2 Å². The van der Waals surface area contributed by atoms with Gasteiger partial charge in [0.15, 0.2) is 0 Å². The lowest BCUT2D eigenvalue weighted by molar-refractivity contribution is -0.116. The van der Waals surface area contributed by atoms with Crippen LogP contribution >= 0.6 is 0 Å². The third-order valence-electron chi connectivity index (χ3n) is 5.44. The quantitative estimate of drug-likeness (QED) is 0.761. The van der Waals surface area contributed by atoms with E-state index in [1.54, 1.807) is 24.5 Å². The van der Waals surface area contributed by atoms with Crippen LogP contribution in [-0.4, -0.2) is 46.5 Å². The summed E-state index contributed by atoms with van der Waals surface area (Å²) >= 11 is 0. The minimum Gasteiger partial charge on any atom is -0.474 e. The van der Waals surface area contributed by atoms with Crippen molar-refractivity contribution in [3.8, 4) is 5.88 Å². The molecule has 1 aliphatic carbocycles. The summed E-state index contributed by atoms with van der Waals surface area (Å²) in [7, 11) is 0. The molecule has 6 heteroatoms. The number of likely N-dealkylation sites (tertiary alicyclic amines) is 1. The Bertz CT molecular complexity index is 754. The first kappa shape index (κ1) is 18.9. The second kappa shape index (κ2) is 9.15. The predicted octanol–water partition coefficient (Wildman–Crippen LogP) is 3.30. The van der Waals surface area contributed by atoms with Crippen molar-refractivity contribution < 1.29 is 9.53 Å². The van der Waals surface area contributed by atoms with Gasteiger partial charge in [-0.2, -0.15) is 0 Å². The summed E-state index contributed by atoms with van der Waals surface area (Å²) in [6.45, 7) is 3.53. The minimum atomic E-state index is -0.00974. The summed E-state index contributed by atoms with van der Waals surface area (Å²) in [5.74, 6) is 1.63. The zero-order valence-electron chi connectivity index (χ0n) is 16.2. The highest BCUT2D eigenvalue weighted by Crippen LogP contribution is 2.30. The molecule has 1 aliphatic heterocycles. The number of pyridine rings is 2. The highest BCUT2D eigenvalue weighted by Gasteiger charge is 2.27. The van der Waals surface area contributed by atoms with Crippen molar-refractivity contribution in [3.05, 3.63) is 48.4 Å². The largest absolute Gasteiger partial charge is 0.474 e. The third kappa shape index (κ3) is 5.76. The maximum Gasteiger partial charge on any atom is 0.224 e. The lowest BCUT2D eigenvalue weighted by atomic mass is 10.1. The first-order valence-electron chi connectivity index (χ1n) is 10.3. The number of rotatable bonds is 8. The van der Waals surface area contributed by atoms with Gasteiger partial charge in [0.25, 0.3) is 0 Å². The minimum absolute atomic E-state index is 0.00974. The molecule has 3 heterocycles. The van der Waals surface area contributed by atoms with Gasteiger partial charge in [-0.1, -0.05) is 6.07 Å². The SMILES string of the molecule is O=C(CCc1ccc(OC2CCN(CC3CC3)CC2)nc1)Nc1ccncc1. The molecule has 6 nitrogen and oxygen atoms in total. The van der Waals surface area contributed by atoms with Crippen LogP contribution in [0.3, 0.4) is 0 Å². The highest BCUT2D eigenvalue weighted by atomic mass is 16.5. The number of carbonyl (C=O) groups excluding carboxylic acids is 1. The molecule has 0 spiro atoms. The second-order valence-electron chi connectivity index (χ2n) is 7.85. The number of amides is 1. The van der Waals surface area contributed by atoms with Crippen molar-refractivity contribution in [2.75, 3.05) is 25.0 Å². The van der Waals surface area contributed by atoms with Gasteiger partial charge in [0.05, 0.1) is 0 Å². The van der Waals surface area contributed by atoms with Gasteiger partial charge in [0, 0.05) is 56.4 Å². The third-order valence-corrected chi connectivity index (χ3v) is 5.44. The van der Waals surface area contributed by atoms with E-state index in [9.17, 15) is 4.79 Å². The van der Waals surface area contributed by atoms with E-state index in [1.807, 2.05) is 18.3 Å². The smallest absolute Gasteiger partial charge is 0.224 e. The summed E-state index contributed by atoms with van der Waals surface area (Å²) in [5.41, 5.74) is 1.81. The number of hydrogen-bond acceptors (Lipinski definition) is 5. The Morgan fingerprint density at radius 1 is 1.11 bits per heavy atom. The molecule has 148 valence electrons. The molecular formula is C22H28N4O2. The Morgan fingerprint density at radius 3 is 2.57 bits per heavy atom. The fourth-order valence-corrected chi connectivity index (χ4v) is 3.59. The number of nitrogens with zero attached hydrogens (tertiary/aromatic N) is 3. The Balaban J connectivity index is 1.18. The number of carbonyl (C=O) groups is 1. The maximum atomic E-state index is 12.0. The molecule has 2 aromatic heterocycles. The van der Waals surface area contributed by atoms with E-state index < -0.39 is 0 Å². The van der Waals surface area contributed by atoms with Gasteiger partial charge < -0.3 is 15.0 Å². The number of anilines is 1. The van der Waals surface area contributed by atoms with Gasteiger partial charge in [-0.25, -0.2) is 4.98 Å². The summed E-state index contributed by atoms with van der Waals surface area (Å²) in [6.07, 6.45) is 11.5. The van der Waals surface area contributed by atoms with Gasteiger partial charge in [-0.15, -0.1) is 0 Å². The van der Waals surface area contributed by atoms with E-state index in [-0.39, 0.29) is 12.0 Å². The standard InChI is InChI=1S/C22H28N4O2/c27-21(25-19-7-11-23-12-8-19)5-3-17-4-6-22(24-15-17)28-20-9-13-26(14-10-20)16-18-1-2-18/h4,6-8,11-12,15,18,20H,1-3,5,9-10,13-14,16H2,(H,23,25,27). The summed E-state index contributed by atoms with van der Waals surface area (Å²) in [5, 5.41) is 2.87. The molecule has 28 heavy (non-hydrogen) atoms. The van der Waals surface area contributed by atoms with E-state index in [1.165, 1.54) is 19.4 Å². The molecular weight excluding hydrogens is 352 g/mol. The highest BCUT2D eigenvalue weighted by molar-refractivity contribution is 5.90. The monoisotopic (exact) mass is 380 g/mol. The van der Waals surface area contributed by atoms with E-state index in [2.05, 4.69) is 20.2 Å². The van der Waals surface area contributed by atoms with Crippen molar-refractivity contribution in [1.82, 2.24) is 14.9 Å². The van der Waals surface area contributed by atoms with Crippen LogP contribution in [0.25, 0.3) is 0 Å². The molecule has 1 saturated heterocycles. The molecule has 0 radical (unpaired) electrons. The van der Waals surface area contributed by atoms with Gasteiger partial charge in [-0.05, 0) is 55.7 Å². The molecule has 1 saturated carbocycles. The van der Waals surface area contributed by atoms with E-state index in [0.717, 1.165) is 43.1 Å². The fraction of sp³-hybridized carbons (Fsp3) is 0.500. The van der Waals surface area contributed by atoms with Crippen LogP contribution in [0.5, 0.6) is 5.88 Å². The van der Waals surface area contributed by atoms with Gasteiger partial charge in [0.1, 0.15) is 6.10 Å². The van der Waals surface area contributed by atoms with Crippen molar-refractivity contribution >= 4 is 11.6 Å².